The van der Waals surface area contributed by atoms with E-state index in [1.165, 1.54) is 0 Å². The maximum atomic E-state index is 12.3. The van der Waals surface area contributed by atoms with Crippen molar-refractivity contribution < 1.29 is 4.79 Å². The van der Waals surface area contributed by atoms with E-state index >= 15 is 0 Å². The van der Waals surface area contributed by atoms with Gasteiger partial charge in [-0.1, -0.05) is 13.3 Å². The Morgan fingerprint density at radius 3 is 2.39 bits per heavy atom. The van der Waals surface area contributed by atoms with Crippen molar-refractivity contribution in [2.45, 2.75) is 33.6 Å². The lowest BCUT2D eigenvalue weighted by molar-refractivity contribution is 0.0973. The van der Waals surface area contributed by atoms with E-state index in [9.17, 15) is 4.79 Å². The fourth-order valence-electron chi connectivity index (χ4n) is 2.15. The lowest BCUT2D eigenvalue weighted by Gasteiger charge is -2.12. The molecular weight excluding hydrogens is 310 g/mol. The highest BCUT2D eigenvalue weighted by Gasteiger charge is 2.17. The van der Waals surface area contributed by atoms with Gasteiger partial charge in [-0.25, -0.2) is 9.97 Å². The summed E-state index contributed by atoms with van der Waals surface area (Å²) in [5, 5.41) is 5.50. The van der Waals surface area contributed by atoms with Crippen LogP contribution in [0.15, 0.2) is 12.1 Å². The standard InChI is InChI=1S/C16H21N5OS/c1-4-5-6-18-14-13(15(22)21-16(17)23)19-11-7-9(2)10(3)8-12(11)20-14/h7-8H,4-6H2,1-3H3,(H,18,20)(H3,17,21,22,23). The summed E-state index contributed by atoms with van der Waals surface area (Å²) in [6, 6.07) is 3.89. The van der Waals surface area contributed by atoms with Crippen LogP contribution in [0.5, 0.6) is 0 Å². The number of hydrogen-bond acceptors (Lipinski definition) is 5. The van der Waals surface area contributed by atoms with Crippen molar-refractivity contribution in [3.63, 3.8) is 0 Å². The van der Waals surface area contributed by atoms with Gasteiger partial charge in [0, 0.05) is 6.54 Å². The number of thiocarbonyl (C=S) groups is 1. The van der Waals surface area contributed by atoms with Crippen LogP contribution >= 0.6 is 12.2 Å². The average Bonchev–Trinajstić information content (AvgIpc) is 2.47. The Hall–Kier alpha value is -2.28. The second-order valence-corrected chi connectivity index (χ2v) is 5.88. The van der Waals surface area contributed by atoms with E-state index in [2.05, 4.69) is 27.5 Å². The SMILES string of the molecule is CCCCNc1nc2cc(C)c(C)cc2nc1C(=O)NC(N)=S. The van der Waals surface area contributed by atoms with Gasteiger partial charge in [-0.15, -0.1) is 0 Å². The van der Waals surface area contributed by atoms with E-state index in [1.54, 1.807) is 0 Å². The van der Waals surface area contributed by atoms with Crippen molar-refractivity contribution in [2.24, 2.45) is 5.73 Å². The van der Waals surface area contributed by atoms with Gasteiger partial charge < -0.3 is 11.1 Å². The summed E-state index contributed by atoms with van der Waals surface area (Å²) in [4.78, 5) is 21.3. The van der Waals surface area contributed by atoms with Crippen molar-refractivity contribution in [1.29, 1.82) is 0 Å². The number of amides is 1. The number of anilines is 1. The number of nitrogens with one attached hydrogen (secondary N) is 2. The Bertz CT molecular complexity index is 760. The third kappa shape index (κ3) is 4.13. The zero-order valence-electron chi connectivity index (χ0n) is 13.6. The van der Waals surface area contributed by atoms with Gasteiger partial charge in [-0.05, 0) is 55.7 Å². The fraction of sp³-hybridized carbons (Fsp3) is 0.375. The van der Waals surface area contributed by atoms with Gasteiger partial charge in [-0.2, -0.15) is 0 Å². The molecular formula is C16H21N5OS. The third-order valence-corrected chi connectivity index (χ3v) is 3.66. The number of benzene rings is 1. The summed E-state index contributed by atoms with van der Waals surface area (Å²) >= 11 is 4.73. The molecule has 0 radical (unpaired) electrons. The first-order valence-corrected chi connectivity index (χ1v) is 7.96. The van der Waals surface area contributed by atoms with E-state index in [4.69, 9.17) is 18.0 Å². The Balaban J connectivity index is 2.50. The highest BCUT2D eigenvalue weighted by molar-refractivity contribution is 7.80. The average molecular weight is 331 g/mol. The maximum Gasteiger partial charge on any atom is 0.279 e. The third-order valence-electron chi connectivity index (χ3n) is 3.55. The minimum absolute atomic E-state index is 0.0866. The van der Waals surface area contributed by atoms with Gasteiger partial charge >= 0.3 is 0 Å². The molecule has 0 atom stereocenters. The van der Waals surface area contributed by atoms with Crippen molar-refractivity contribution in [3.8, 4) is 0 Å². The van der Waals surface area contributed by atoms with Crippen molar-refractivity contribution in [3.05, 3.63) is 29.0 Å². The molecule has 122 valence electrons. The molecule has 0 bridgehead atoms. The highest BCUT2D eigenvalue weighted by atomic mass is 32.1. The first-order chi connectivity index (χ1) is 10.9. The van der Waals surface area contributed by atoms with Gasteiger partial charge in [-0.3, -0.25) is 10.1 Å². The molecule has 0 spiro atoms. The Morgan fingerprint density at radius 1 is 1.22 bits per heavy atom. The zero-order chi connectivity index (χ0) is 17.0. The van der Waals surface area contributed by atoms with Crippen molar-refractivity contribution >= 4 is 40.1 Å². The van der Waals surface area contributed by atoms with Gasteiger partial charge in [0.2, 0.25) is 0 Å². The van der Waals surface area contributed by atoms with E-state index in [0.717, 1.165) is 36.0 Å². The van der Waals surface area contributed by atoms with Gasteiger partial charge in [0.1, 0.15) is 0 Å². The molecule has 0 fully saturated rings. The quantitative estimate of drug-likeness (QED) is 0.575. The van der Waals surface area contributed by atoms with E-state index in [-0.39, 0.29) is 10.8 Å². The molecule has 2 aromatic rings. The largest absolute Gasteiger partial charge is 0.376 e. The molecule has 2 rings (SSSR count). The van der Waals surface area contributed by atoms with Crippen molar-refractivity contribution in [2.75, 3.05) is 11.9 Å². The Morgan fingerprint density at radius 2 is 1.83 bits per heavy atom. The molecule has 0 saturated carbocycles. The maximum absolute atomic E-state index is 12.3. The van der Waals surface area contributed by atoms with Crippen LogP contribution in [0.1, 0.15) is 41.4 Å². The predicted octanol–water partition coefficient (Wildman–Crippen LogP) is 2.43. The van der Waals surface area contributed by atoms with E-state index < -0.39 is 5.91 Å². The molecule has 0 aliphatic heterocycles. The summed E-state index contributed by atoms with van der Waals surface area (Å²) in [5.74, 6) is -0.00733. The molecule has 1 aromatic carbocycles. The lowest BCUT2D eigenvalue weighted by atomic mass is 10.1. The van der Waals surface area contributed by atoms with Crippen LogP contribution in [-0.2, 0) is 0 Å². The number of nitrogens with zero attached hydrogens (tertiary/aromatic N) is 2. The number of nitrogens with two attached hydrogens (primary N) is 1. The minimum Gasteiger partial charge on any atom is -0.376 e. The van der Waals surface area contributed by atoms with Crippen LogP contribution in [-0.4, -0.2) is 27.5 Å². The van der Waals surface area contributed by atoms with Crippen LogP contribution in [0.25, 0.3) is 11.0 Å². The van der Waals surface area contributed by atoms with Crippen LogP contribution in [0.4, 0.5) is 5.82 Å². The normalized spacial score (nSPS) is 10.6. The zero-order valence-corrected chi connectivity index (χ0v) is 14.4. The summed E-state index contributed by atoms with van der Waals surface area (Å²) in [5.41, 5.74) is 9.23. The van der Waals surface area contributed by atoms with Crippen LogP contribution < -0.4 is 16.4 Å². The Labute approximate surface area is 140 Å². The monoisotopic (exact) mass is 331 g/mol. The number of hydrogen-bond donors (Lipinski definition) is 3. The van der Waals surface area contributed by atoms with Crippen LogP contribution in [0.3, 0.4) is 0 Å². The lowest BCUT2D eigenvalue weighted by Crippen LogP contribution is -2.35. The van der Waals surface area contributed by atoms with Gasteiger partial charge in [0.05, 0.1) is 11.0 Å². The molecule has 0 aliphatic rings. The van der Waals surface area contributed by atoms with Crippen molar-refractivity contribution in [1.82, 2.24) is 15.3 Å². The first-order valence-electron chi connectivity index (χ1n) is 7.56. The molecule has 0 aliphatic carbocycles. The Kier molecular flexibility index (Phi) is 5.44. The number of unbranched alkanes of at least 4 members (excludes halogenated alkanes) is 1. The summed E-state index contributed by atoms with van der Waals surface area (Å²) in [6.45, 7) is 6.84. The molecule has 1 aromatic heterocycles. The summed E-state index contributed by atoms with van der Waals surface area (Å²) in [7, 11) is 0. The van der Waals surface area contributed by atoms with Crippen LogP contribution in [0, 0.1) is 13.8 Å². The molecule has 6 nitrogen and oxygen atoms in total. The summed E-state index contributed by atoms with van der Waals surface area (Å²) in [6.07, 6.45) is 2.02. The smallest absolute Gasteiger partial charge is 0.279 e. The topological polar surface area (TPSA) is 92.9 Å². The molecule has 7 heteroatoms. The molecule has 4 N–H and O–H groups in total. The molecule has 23 heavy (non-hydrogen) atoms. The number of rotatable bonds is 5. The molecule has 0 unspecified atom stereocenters. The van der Waals surface area contributed by atoms with Gasteiger partial charge in [0.15, 0.2) is 16.6 Å². The highest BCUT2D eigenvalue weighted by Crippen LogP contribution is 2.20. The first kappa shape index (κ1) is 17.1. The van der Waals surface area contributed by atoms with E-state index in [0.29, 0.717) is 11.3 Å². The number of carbonyl (C=O) groups is 1. The second kappa shape index (κ2) is 7.32. The molecule has 1 heterocycles. The minimum atomic E-state index is -0.455. The summed E-state index contributed by atoms with van der Waals surface area (Å²) < 4.78 is 0. The number of fused-ring (bicyclic) bond motifs is 1. The number of aryl methyl sites for hydroxylation is 2. The van der Waals surface area contributed by atoms with Crippen LogP contribution in [0.2, 0.25) is 0 Å². The van der Waals surface area contributed by atoms with E-state index in [1.807, 2.05) is 26.0 Å². The van der Waals surface area contributed by atoms with Gasteiger partial charge in [0.25, 0.3) is 5.91 Å². The number of carbonyl (C=O) groups excluding carboxylic acids is 1. The molecule has 0 saturated heterocycles. The number of aromatic nitrogens is 2. The molecule has 1 amide bonds. The second-order valence-electron chi connectivity index (χ2n) is 5.44. The fourth-order valence-corrected chi connectivity index (χ4v) is 2.24. The predicted molar refractivity (Wildman–Crippen MR) is 96.7 cm³/mol.